The highest BCUT2D eigenvalue weighted by atomic mass is 127. The fraction of sp³-hybridized carbons (Fsp3) is 0. The van der Waals surface area contributed by atoms with E-state index in [9.17, 15) is 0 Å². The summed E-state index contributed by atoms with van der Waals surface area (Å²) in [5, 5.41) is 0. The first-order valence-electron chi connectivity index (χ1n) is 3.06. The molecular weight excluding hydrogens is 351 g/mol. The van der Waals surface area contributed by atoms with E-state index >= 15 is 0 Å². The van der Waals surface area contributed by atoms with E-state index in [1.807, 2.05) is 12.1 Å². The third-order valence-electron chi connectivity index (χ3n) is 1.36. The van der Waals surface area contributed by atoms with Crippen molar-refractivity contribution in [2.45, 2.75) is 0 Å². The van der Waals surface area contributed by atoms with Crippen molar-refractivity contribution in [3.8, 4) is 0 Å². The molecule has 0 aliphatic carbocycles. The molecule has 0 unspecified atom stereocenters. The average Bonchev–Trinajstić information content (AvgIpc) is 1.99. The molecule has 2 nitrogen and oxygen atoms in total. The largest absolute Gasteiger partial charge is 0.397 e. The van der Waals surface area contributed by atoms with Crippen molar-refractivity contribution in [3.05, 3.63) is 25.7 Å². The highest BCUT2D eigenvalue weighted by Crippen LogP contribution is 2.26. The molecule has 1 aromatic rings. The summed E-state index contributed by atoms with van der Waals surface area (Å²) in [7, 11) is 0. The number of benzene rings is 1. The fourth-order valence-corrected chi connectivity index (χ4v) is 2.30. The van der Waals surface area contributed by atoms with Crippen LogP contribution in [0.5, 0.6) is 0 Å². The van der Waals surface area contributed by atoms with Gasteiger partial charge in [0.1, 0.15) is 4.99 Å². The summed E-state index contributed by atoms with van der Waals surface area (Å²) in [5.41, 5.74) is 12.7. The van der Waals surface area contributed by atoms with E-state index in [1.165, 1.54) is 0 Å². The third-order valence-corrected chi connectivity index (χ3v) is 3.15. The fourth-order valence-electron chi connectivity index (χ4n) is 0.727. The molecule has 1 rings (SSSR count). The quantitative estimate of drug-likeness (QED) is 0.461. The van der Waals surface area contributed by atoms with Crippen molar-refractivity contribution in [3.63, 3.8) is 0 Å². The van der Waals surface area contributed by atoms with Crippen molar-refractivity contribution in [1.82, 2.24) is 0 Å². The maximum absolute atomic E-state index is 5.71. The monoisotopic (exact) mass is 356 g/mol. The highest BCUT2D eigenvalue weighted by Gasteiger charge is 2.04. The number of nitrogen functional groups attached to an aromatic ring is 1. The second kappa shape index (κ2) is 3.89. The van der Waals surface area contributed by atoms with Gasteiger partial charge in [-0.1, -0.05) is 12.2 Å². The Kier molecular flexibility index (Phi) is 3.30. The maximum atomic E-state index is 5.71. The van der Waals surface area contributed by atoms with Gasteiger partial charge in [0.15, 0.2) is 0 Å². The molecule has 4 N–H and O–H groups in total. The van der Waals surface area contributed by atoms with E-state index in [2.05, 4.69) is 38.5 Å². The molecule has 0 aliphatic heterocycles. The standard InChI is InChI=1S/C7H6BrIN2S/c8-4-1-3(7(11)12)2-5(9)6(4)10/h1-2H,10H2,(H2,11,12). The second-order valence-corrected chi connectivity index (χ2v) is 4.67. The molecule has 0 fully saturated rings. The van der Waals surface area contributed by atoms with Gasteiger partial charge >= 0.3 is 0 Å². The number of hydrogen-bond donors (Lipinski definition) is 2. The van der Waals surface area contributed by atoms with Crippen LogP contribution in [-0.2, 0) is 0 Å². The Morgan fingerprint density at radius 1 is 1.50 bits per heavy atom. The van der Waals surface area contributed by atoms with Gasteiger partial charge in [-0.05, 0) is 50.7 Å². The Balaban J connectivity index is 3.31. The van der Waals surface area contributed by atoms with Gasteiger partial charge in [-0.2, -0.15) is 0 Å². The lowest BCUT2D eigenvalue weighted by Crippen LogP contribution is -2.10. The summed E-state index contributed by atoms with van der Waals surface area (Å²) in [4.78, 5) is 0.383. The van der Waals surface area contributed by atoms with Crippen LogP contribution < -0.4 is 11.5 Å². The summed E-state index contributed by atoms with van der Waals surface area (Å²) in [5.74, 6) is 0. The molecule has 5 heteroatoms. The van der Waals surface area contributed by atoms with Gasteiger partial charge in [0.05, 0.1) is 5.69 Å². The number of nitrogens with two attached hydrogens (primary N) is 2. The molecule has 0 radical (unpaired) electrons. The van der Waals surface area contributed by atoms with Crippen LogP contribution in [0.4, 0.5) is 5.69 Å². The van der Waals surface area contributed by atoms with Crippen LogP contribution in [0.25, 0.3) is 0 Å². The molecule has 0 atom stereocenters. The van der Waals surface area contributed by atoms with Crippen molar-refractivity contribution in [2.75, 3.05) is 5.73 Å². The van der Waals surface area contributed by atoms with E-state index < -0.39 is 0 Å². The number of thiocarbonyl (C=S) groups is 1. The molecule has 0 aliphatic rings. The SMILES string of the molecule is NC(=S)c1cc(Br)c(N)c(I)c1. The average molecular weight is 357 g/mol. The van der Waals surface area contributed by atoms with Crippen LogP contribution >= 0.6 is 50.7 Å². The topological polar surface area (TPSA) is 52.0 Å². The molecule has 0 heterocycles. The van der Waals surface area contributed by atoms with Gasteiger partial charge in [-0.15, -0.1) is 0 Å². The van der Waals surface area contributed by atoms with Crippen molar-refractivity contribution < 1.29 is 0 Å². The first kappa shape index (κ1) is 10.2. The number of rotatable bonds is 1. The van der Waals surface area contributed by atoms with Crippen LogP contribution in [0.3, 0.4) is 0 Å². The molecule has 64 valence electrons. The smallest absolute Gasteiger partial charge is 0.104 e. The van der Waals surface area contributed by atoms with Gasteiger partial charge in [-0.25, -0.2) is 0 Å². The molecule has 0 aromatic heterocycles. The Morgan fingerprint density at radius 2 is 2.08 bits per heavy atom. The summed E-state index contributed by atoms with van der Waals surface area (Å²) in [6.45, 7) is 0. The number of anilines is 1. The van der Waals surface area contributed by atoms with Crippen LogP contribution in [0, 0.1) is 3.57 Å². The Bertz CT molecular complexity index is 317. The van der Waals surface area contributed by atoms with Gasteiger partial charge in [0, 0.05) is 13.6 Å². The molecule has 0 amide bonds. The van der Waals surface area contributed by atoms with E-state index in [0.717, 1.165) is 19.3 Å². The van der Waals surface area contributed by atoms with E-state index in [4.69, 9.17) is 23.7 Å². The summed E-state index contributed by atoms with van der Waals surface area (Å²) in [6, 6.07) is 3.68. The van der Waals surface area contributed by atoms with Gasteiger partial charge < -0.3 is 11.5 Å². The molecule has 0 spiro atoms. The zero-order valence-electron chi connectivity index (χ0n) is 5.97. The lowest BCUT2D eigenvalue weighted by Gasteiger charge is -2.04. The Labute approximate surface area is 98.0 Å². The van der Waals surface area contributed by atoms with Crippen molar-refractivity contribution >= 4 is 61.4 Å². The normalized spacial score (nSPS) is 9.83. The molecular formula is C7H6BrIN2S. The van der Waals surface area contributed by atoms with Crippen LogP contribution in [0.1, 0.15) is 5.56 Å². The Hall–Kier alpha value is 0.120. The molecule has 0 saturated carbocycles. The summed E-state index contributed by atoms with van der Waals surface area (Å²) < 4.78 is 1.78. The predicted molar refractivity (Wildman–Crippen MR) is 67.2 cm³/mol. The van der Waals surface area contributed by atoms with E-state index in [0.29, 0.717) is 4.99 Å². The molecule has 0 saturated heterocycles. The number of halogens is 2. The number of hydrogen-bond acceptors (Lipinski definition) is 2. The first-order chi connectivity index (χ1) is 5.52. The molecule has 1 aromatic carbocycles. The minimum atomic E-state index is 0.383. The van der Waals surface area contributed by atoms with E-state index in [-0.39, 0.29) is 0 Å². The van der Waals surface area contributed by atoms with Crippen molar-refractivity contribution in [2.24, 2.45) is 5.73 Å². The van der Waals surface area contributed by atoms with E-state index in [1.54, 1.807) is 0 Å². The third kappa shape index (κ3) is 2.08. The zero-order valence-corrected chi connectivity index (χ0v) is 10.5. The molecule has 0 bridgehead atoms. The van der Waals surface area contributed by atoms with Crippen LogP contribution in [0.2, 0.25) is 0 Å². The van der Waals surface area contributed by atoms with Gasteiger partial charge in [-0.3, -0.25) is 0 Å². The van der Waals surface area contributed by atoms with Crippen LogP contribution in [-0.4, -0.2) is 4.99 Å². The summed E-state index contributed by atoms with van der Waals surface area (Å²) in [6.07, 6.45) is 0. The minimum Gasteiger partial charge on any atom is -0.397 e. The lowest BCUT2D eigenvalue weighted by atomic mass is 10.2. The Morgan fingerprint density at radius 3 is 2.50 bits per heavy atom. The maximum Gasteiger partial charge on any atom is 0.104 e. The molecule has 12 heavy (non-hydrogen) atoms. The first-order valence-corrected chi connectivity index (χ1v) is 5.34. The van der Waals surface area contributed by atoms with Crippen molar-refractivity contribution in [1.29, 1.82) is 0 Å². The second-order valence-electron chi connectivity index (χ2n) is 2.22. The van der Waals surface area contributed by atoms with Gasteiger partial charge in [0.2, 0.25) is 0 Å². The lowest BCUT2D eigenvalue weighted by molar-refractivity contribution is 1.54. The van der Waals surface area contributed by atoms with Gasteiger partial charge in [0.25, 0.3) is 0 Å². The highest BCUT2D eigenvalue weighted by molar-refractivity contribution is 14.1. The zero-order chi connectivity index (χ0) is 9.30. The summed E-state index contributed by atoms with van der Waals surface area (Å²) >= 11 is 10.3. The van der Waals surface area contributed by atoms with Crippen LogP contribution in [0.15, 0.2) is 16.6 Å². The predicted octanol–water partition coefficient (Wildman–Crippen LogP) is 2.27. The minimum absolute atomic E-state index is 0.383.